The maximum atomic E-state index is 13.1. The molecule has 0 aromatic heterocycles. The average molecular weight is 250 g/mol. The molecular weight excluding hydrogens is 231 g/mol. The molecule has 0 spiro atoms. The molecule has 0 fully saturated rings. The van der Waals surface area contributed by atoms with Gasteiger partial charge in [-0.25, -0.2) is 4.39 Å². The van der Waals surface area contributed by atoms with E-state index in [0.717, 1.165) is 0 Å². The average Bonchev–Trinajstić information content (AvgIpc) is 2.38. The van der Waals surface area contributed by atoms with Gasteiger partial charge < -0.3 is 4.79 Å². The van der Waals surface area contributed by atoms with Crippen LogP contribution in [0.2, 0.25) is 0 Å². The highest BCUT2D eigenvalue weighted by Crippen LogP contribution is 2.08. The number of carbonyl (C=O) groups excluding carboxylic acids is 2. The van der Waals surface area contributed by atoms with Crippen LogP contribution in [0.3, 0.4) is 0 Å². The Morgan fingerprint density at radius 1 is 1.17 bits per heavy atom. The molecule has 0 aliphatic rings. The second-order valence-electron chi connectivity index (χ2n) is 3.52. The Bertz CT molecular complexity index is 422. The number of hydrogen-bond acceptors (Lipinski definition) is 2. The number of carbonyl (C=O) groups is 2. The minimum atomic E-state index is -0.363. The van der Waals surface area contributed by atoms with Gasteiger partial charge in [-0.3, -0.25) is 4.79 Å². The van der Waals surface area contributed by atoms with Gasteiger partial charge >= 0.3 is 0 Å². The standard InChI is InChI=1S/C13H13FO2.C2H6/c1-10(15)6-8-12(16)9-7-11-4-2-3-5-13(11)14;1-2/h2-5,7,9H,6,8H2,1H3;1-2H3/b9-7+;. The third-order valence-electron chi connectivity index (χ3n) is 2.08. The van der Waals surface area contributed by atoms with Crippen molar-refractivity contribution in [1.82, 2.24) is 0 Å². The van der Waals surface area contributed by atoms with Crippen LogP contribution in [-0.4, -0.2) is 11.6 Å². The number of benzene rings is 1. The topological polar surface area (TPSA) is 34.1 Å². The zero-order valence-corrected chi connectivity index (χ0v) is 11.1. The predicted octanol–water partition coefficient (Wildman–Crippen LogP) is 3.80. The number of allylic oxidation sites excluding steroid dienone is 1. The highest BCUT2D eigenvalue weighted by molar-refractivity contribution is 5.95. The van der Waals surface area contributed by atoms with Crippen LogP contribution in [0.25, 0.3) is 6.08 Å². The van der Waals surface area contributed by atoms with E-state index >= 15 is 0 Å². The van der Waals surface area contributed by atoms with Gasteiger partial charge in [-0.2, -0.15) is 0 Å². The number of rotatable bonds is 5. The molecule has 0 heterocycles. The van der Waals surface area contributed by atoms with E-state index in [2.05, 4.69) is 0 Å². The summed E-state index contributed by atoms with van der Waals surface area (Å²) < 4.78 is 13.1. The van der Waals surface area contributed by atoms with Crippen LogP contribution in [-0.2, 0) is 9.59 Å². The minimum Gasteiger partial charge on any atom is -0.300 e. The lowest BCUT2D eigenvalue weighted by Gasteiger charge is -1.95. The van der Waals surface area contributed by atoms with Crippen molar-refractivity contribution in [2.75, 3.05) is 0 Å². The number of halogens is 1. The monoisotopic (exact) mass is 250 g/mol. The Hall–Kier alpha value is -1.77. The molecule has 0 N–H and O–H groups in total. The third-order valence-corrected chi connectivity index (χ3v) is 2.08. The highest BCUT2D eigenvalue weighted by Gasteiger charge is 2.01. The highest BCUT2D eigenvalue weighted by atomic mass is 19.1. The number of Topliss-reactive ketones (excluding diaryl/α,β-unsaturated/α-hetero) is 1. The van der Waals surface area contributed by atoms with E-state index in [-0.39, 0.29) is 30.2 Å². The predicted molar refractivity (Wildman–Crippen MR) is 71.7 cm³/mol. The fourth-order valence-electron chi connectivity index (χ4n) is 1.18. The first-order valence-corrected chi connectivity index (χ1v) is 6.04. The first-order chi connectivity index (χ1) is 8.59. The summed E-state index contributed by atoms with van der Waals surface area (Å²) in [4.78, 5) is 21.9. The minimum absolute atomic E-state index is 0.0207. The molecule has 18 heavy (non-hydrogen) atoms. The molecular formula is C15H19FO2. The molecule has 3 heteroatoms. The zero-order chi connectivity index (χ0) is 14.0. The Labute approximate surface area is 108 Å². The van der Waals surface area contributed by atoms with Gasteiger partial charge in [0, 0.05) is 18.4 Å². The van der Waals surface area contributed by atoms with Crippen molar-refractivity contribution in [3.05, 3.63) is 41.7 Å². The van der Waals surface area contributed by atoms with Crippen molar-refractivity contribution in [2.45, 2.75) is 33.6 Å². The van der Waals surface area contributed by atoms with Crippen molar-refractivity contribution in [1.29, 1.82) is 0 Å². The normalized spacial score (nSPS) is 9.78. The Morgan fingerprint density at radius 2 is 1.78 bits per heavy atom. The van der Waals surface area contributed by atoms with Crippen molar-refractivity contribution < 1.29 is 14.0 Å². The third kappa shape index (κ3) is 6.74. The lowest BCUT2D eigenvalue weighted by atomic mass is 10.1. The van der Waals surface area contributed by atoms with E-state index in [9.17, 15) is 14.0 Å². The summed E-state index contributed by atoms with van der Waals surface area (Å²) in [5.41, 5.74) is 0.374. The summed E-state index contributed by atoms with van der Waals surface area (Å²) in [7, 11) is 0. The van der Waals surface area contributed by atoms with Crippen molar-refractivity contribution >= 4 is 17.6 Å². The largest absolute Gasteiger partial charge is 0.300 e. The van der Waals surface area contributed by atoms with E-state index in [1.165, 1.54) is 25.1 Å². The fourth-order valence-corrected chi connectivity index (χ4v) is 1.18. The molecule has 0 amide bonds. The van der Waals surface area contributed by atoms with Gasteiger partial charge in [0.25, 0.3) is 0 Å². The maximum Gasteiger partial charge on any atom is 0.156 e. The summed E-state index contributed by atoms with van der Waals surface area (Å²) in [6, 6.07) is 6.21. The molecule has 98 valence electrons. The molecule has 0 saturated carbocycles. The lowest BCUT2D eigenvalue weighted by Crippen LogP contribution is -1.97. The Kier molecular flexibility index (Phi) is 8.37. The summed E-state index contributed by atoms with van der Waals surface area (Å²) in [5.74, 6) is -0.552. The molecule has 0 aliphatic carbocycles. The van der Waals surface area contributed by atoms with Crippen LogP contribution in [0.1, 0.15) is 39.2 Å². The van der Waals surface area contributed by atoms with Gasteiger partial charge in [0.05, 0.1) is 0 Å². The Balaban J connectivity index is 0.00000137. The van der Waals surface area contributed by atoms with Crippen LogP contribution in [0.4, 0.5) is 4.39 Å². The van der Waals surface area contributed by atoms with E-state index < -0.39 is 0 Å². The van der Waals surface area contributed by atoms with Gasteiger partial charge in [-0.05, 0) is 25.1 Å². The van der Waals surface area contributed by atoms with Gasteiger partial charge in [0.1, 0.15) is 11.6 Å². The van der Waals surface area contributed by atoms with Crippen LogP contribution in [0, 0.1) is 5.82 Å². The number of ketones is 2. The molecule has 2 nitrogen and oxygen atoms in total. The zero-order valence-electron chi connectivity index (χ0n) is 11.1. The molecule has 0 aliphatic heterocycles. The second kappa shape index (κ2) is 9.28. The first-order valence-electron chi connectivity index (χ1n) is 6.04. The molecule has 0 unspecified atom stereocenters. The van der Waals surface area contributed by atoms with Crippen LogP contribution >= 0.6 is 0 Å². The summed E-state index contributed by atoms with van der Waals surface area (Å²) in [6.07, 6.45) is 3.15. The van der Waals surface area contributed by atoms with Crippen LogP contribution in [0.5, 0.6) is 0 Å². The number of hydrogen-bond donors (Lipinski definition) is 0. The lowest BCUT2D eigenvalue weighted by molar-refractivity contribution is -0.120. The fraction of sp³-hybridized carbons (Fsp3) is 0.333. The summed E-state index contributed by atoms with van der Waals surface area (Å²) in [6.45, 7) is 5.44. The van der Waals surface area contributed by atoms with Crippen molar-refractivity contribution in [2.24, 2.45) is 0 Å². The molecule has 0 bridgehead atoms. The van der Waals surface area contributed by atoms with Crippen molar-refractivity contribution in [3.8, 4) is 0 Å². The van der Waals surface area contributed by atoms with Gasteiger partial charge in [0.15, 0.2) is 5.78 Å². The summed E-state index contributed by atoms with van der Waals surface area (Å²) in [5, 5.41) is 0. The van der Waals surface area contributed by atoms with Gasteiger partial charge in [-0.1, -0.05) is 32.0 Å². The molecule has 0 saturated heterocycles. The Morgan fingerprint density at radius 3 is 2.33 bits per heavy atom. The quantitative estimate of drug-likeness (QED) is 0.745. The smallest absolute Gasteiger partial charge is 0.156 e. The van der Waals surface area contributed by atoms with Gasteiger partial charge in [0.2, 0.25) is 0 Å². The SMILES string of the molecule is CC.CC(=O)CCC(=O)/C=C/c1ccccc1F. The van der Waals surface area contributed by atoms with Crippen LogP contribution < -0.4 is 0 Å². The van der Waals surface area contributed by atoms with Gasteiger partial charge in [-0.15, -0.1) is 0 Å². The van der Waals surface area contributed by atoms with Crippen molar-refractivity contribution in [3.63, 3.8) is 0 Å². The molecule has 0 atom stereocenters. The van der Waals surface area contributed by atoms with E-state index in [0.29, 0.717) is 5.56 Å². The molecule has 1 rings (SSSR count). The van der Waals surface area contributed by atoms with E-state index in [1.54, 1.807) is 18.2 Å². The maximum absolute atomic E-state index is 13.1. The molecule has 0 radical (unpaired) electrons. The van der Waals surface area contributed by atoms with Crippen LogP contribution in [0.15, 0.2) is 30.3 Å². The summed E-state index contributed by atoms with van der Waals surface area (Å²) >= 11 is 0. The molecule has 1 aromatic carbocycles. The van der Waals surface area contributed by atoms with E-state index in [1.807, 2.05) is 13.8 Å². The molecule has 1 aromatic rings. The van der Waals surface area contributed by atoms with E-state index in [4.69, 9.17) is 0 Å². The second-order valence-corrected chi connectivity index (χ2v) is 3.52. The first kappa shape index (κ1) is 16.2.